The molecule has 0 unspecified atom stereocenters. The molecule has 24 heavy (non-hydrogen) atoms. The number of rotatable bonds is 7. The van der Waals surface area contributed by atoms with Crippen molar-refractivity contribution in [1.29, 1.82) is 0 Å². The minimum atomic E-state index is 0.536. The van der Waals surface area contributed by atoms with E-state index in [2.05, 4.69) is 22.4 Å². The lowest BCUT2D eigenvalue weighted by Crippen LogP contribution is -2.13. The average Bonchev–Trinajstić information content (AvgIpc) is 2.63. The molecule has 0 atom stereocenters. The second-order valence-electron chi connectivity index (χ2n) is 5.48. The molecule has 0 spiro atoms. The summed E-state index contributed by atoms with van der Waals surface area (Å²) in [6.45, 7) is 2.10. The number of ether oxygens (including phenoxy) is 1. The lowest BCUT2D eigenvalue weighted by atomic mass is 10.2. The Hall–Kier alpha value is -2.36. The molecule has 4 heteroatoms. The molecule has 2 aromatic carbocycles. The number of aromatic nitrogens is 1. The zero-order valence-electron chi connectivity index (χ0n) is 13.3. The van der Waals surface area contributed by atoms with E-state index in [1.54, 1.807) is 0 Å². The van der Waals surface area contributed by atoms with E-state index in [0.29, 0.717) is 6.61 Å². The smallest absolute Gasteiger partial charge is 0.119 e. The second-order valence-corrected chi connectivity index (χ2v) is 5.92. The average molecular weight is 339 g/mol. The molecule has 0 aliphatic heterocycles. The van der Waals surface area contributed by atoms with E-state index in [1.807, 2.05) is 60.8 Å². The van der Waals surface area contributed by atoms with E-state index >= 15 is 0 Å². The molecule has 0 radical (unpaired) electrons. The highest BCUT2D eigenvalue weighted by Crippen LogP contribution is 2.15. The van der Waals surface area contributed by atoms with Crippen LogP contribution in [0.4, 0.5) is 0 Å². The summed E-state index contributed by atoms with van der Waals surface area (Å²) in [6, 6.07) is 21.8. The molecule has 122 valence electrons. The molecule has 0 amide bonds. The van der Waals surface area contributed by atoms with Gasteiger partial charge in [0.05, 0.1) is 5.69 Å². The fraction of sp³-hybridized carbons (Fsp3) is 0.150. The number of pyridine rings is 1. The normalized spacial score (nSPS) is 10.5. The first-order valence-electron chi connectivity index (χ1n) is 7.86. The molecule has 1 aromatic heterocycles. The molecular formula is C20H19ClN2O. The fourth-order valence-electron chi connectivity index (χ4n) is 2.29. The summed E-state index contributed by atoms with van der Waals surface area (Å²) in [5, 5.41) is 4.12. The Morgan fingerprint density at radius 2 is 1.58 bits per heavy atom. The summed E-state index contributed by atoms with van der Waals surface area (Å²) in [5.41, 5.74) is 3.35. The summed E-state index contributed by atoms with van der Waals surface area (Å²) in [6.07, 6.45) is 1.81. The summed E-state index contributed by atoms with van der Waals surface area (Å²) < 4.78 is 5.79. The summed E-state index contributed by atoms with van der Waals surface area (Å²) in [5.74, 6) is 0.860. The van der Waals surface area contributed by atoms with Crippen molar-refractivity contribution < 1.29 is 4.74 Å². The fourth-order valence-corrected chi connectivity index (χ4v) is 2.41. The number of hydrogen-bond donors (Lipinski definition) is 1. The molecule has 3 rings (SSSR count). The molecule has 3 aromatic rings. The maximum absolute atomic E-state index is 5.88. The van der Waals surface area contributed by atoms with Crippen molar-refractivity contribution in [3.05, 3.63) is 94.8 Å². The molecular weight excluding hydrogens is 320 g/mol. The molecule has 3 nitrogen and oxygen atoms in total. The highest BCUT2D eigenvalue weighted by molar-refractivity contribution is 6.30. The standard InChI is InChI=1S/C20H19ClN2O/c21-18-8-4-17(5-9-18)15-24-20-10-6-16(7-11-20)13-22-14-19-3-1-2-12-23-19/h1-12,22H,13-15H2. The van der Waals surface area contributed by atoms with Crippen molar-refractivity contribution in [2.45, 2.75) is 19.7 Å². The predicted molar refractivity (Wildman–Crippen MR) is 97.0 cm³/mol. The Morgan fingerprint density at radius 3 is 2.29 bits per heavy atom. The van der Waals surface area contributed by atoms with Gasteiger partial charge in [0.25, 0.3) is 0 Å². The number of halogens is 1. The van der Waals surface area contributed by atoms with Gasteiger partial charge in [-0.25, -0.2) is 0 Å². The van der Waals surface area contributed by atoms with E-state index in [4.69, 9.17) is 16.3 Å². The van der Waals surface area contributed by atoms with Gasteiger partial charge in [0.2, 0.25) is 0 Å². The quantitative estimate of drug-likeness (QED) is 0.683. The van der Waals surface area contributed by atoms with Crippen LogP contribution < -0.4 is 10.1 Å². The van der Waals surface area contributed by atoms with Crippen LogP contribution in [0.3, 0.4) is 0 Å². The lowest BCUT2D eigenvalue weighted by Gasteiger charge is -2.08. The number of nitrogens with one attached hydrogen (secondary N) is 1. The van der Waals surface area contributed by atoms with Crippen LogP contribution in [-0.4, -0.2) is 4.98 Å². The maximum atomic E-state index is 5.88. The number of benzene rings is 2. The lowest BCUT2D eigenvalue weighted by molar-refractivity contribution is 0.306. The Morgan fingerprint density at radius 1 is 0.833 bits per heavy atom. The minimum absolute atomic E-state index is 0.536. The minimum Gasteiger partial charge on any atom is -0.489 e. The first-order chi connectivity index (χ1) is 11.8. The van der Waals surface area contributed by atoms with E-state index in [0.717, 1.165) is 35.1 Å². The molecule has 1 heterocycles. The van der Waals surface area contributed by atoms with Crippen molar-refractivity contribution in [2.24, 2.45) is 0 Å². The van der Waals surface area contributed by atoms with Crippen LogP contribution in [0.5, 0.6) is 5.75 Å². The Balaban J connectivity index is 1.45. The molecule has 0 saturated heterocycles. The van der Waals surface area contributed by atoms with Gasteiger partial charge in [-0.15, -0.1) is 0 Å². The second kappa shape index (κ2) is 8.48. The van der Waals surface area contributed by atoms with Gasteiger partial charge in [0, 0.05) is 24.3 Å². The first kappa shape index (κ1) is 16.5. The summed E-state index contributed by atoms with van der Waals surface area (Å²) in [4.78, 5) is 4.29. The van der Waals surface area contributed by atoms with Crippen molar-refractivity contribution in [2.75, 3.05) is 0 Å². The number of nitrogens with zero attached hydrogens (tertiary/aromatic N) is 1. The van der Waals surface area contributed by atoms with Crippen LogP contribution in [0.2, 0.25) is 5.02 Å². The SMILES string of the molecule is Clc1ccc(COc2ccc(CNCc3ccccn3)cc2)cc1. The molecule has 1 N–H and O–H groups in total. The topological polar surface area (TPSA) is 34.1 Å². The number of hydrogen-bond acceptors (Lipinski definition) is 3. The van der Waals surface area contributed by atoms with Crippen LogP contribution in [0.25, 0.3) is 0 Å². The van der Waals surface area contributed by atoms with Crippen LogP contribution in [0, 0.1) is 0 Å². The van der Waals surface area contributed by atoms with E-state index in [-0.39, 0.29) is 0 Å². The van der Waals surface area contributed by atoms with E-state index in [9.17, 15) is 0 Å². The monoisotopic (exact) mass is 338 g/mol. The van der Waals surface area contributed by atoms with Gasteiger partial charge in [0.15, 0.2) is 0 Å². The molecule has 0 saturated carbocycles. The molecule has 0 fully saturated rings. The van der Waals surface area contributed by atoms with Crippen LogP contribution in [-0.2, 0) is 19.7 Å². The maximum Gasteiger partial charge on any atom is 0.119 e. The highest BCUT2D eigenvalue weighted by Gasteiger charge is 1.99. The van der Waals surface area contributed by atoms with Crippen molar-refractivity contribution in [1.82, 2.24) is 10.3 Å². The molecule has 0 aliphatic rings. The molecule has 0 bridgehead atoms. The van der Waals surface area contributed by atoms with Gasteiger partial charge < -0.3 is 10.1 Å². The van der Waals surface area contributed by atoms with Crippen LogP contribution in [0.1, 0.15) is 16.8 Å². The third kappa shape index (κ3) is 5.08. The van der Waals surface area contributed by atoms with Gasteiger partial charge >= 0.3 is 0 Å². The Labute approximate surface area is 147 Å². The van der Waals surface area contributed by atoms with Gasteiger partial charge in [-0.3, -0.25) is 4.98 Å². The molecule has 0 aliphatic carbocycles. The van der Waals surface area contributed by atoms with Gasteiger partial charge in [0.1, 0.15) is 12.4 Å². The zero-order valence-corrected chi connectivity index (χ0v) is 14.0. The predicted octanol–water partition coefficient (Wildman–Crippen LogP) is 4.60. The Kier molecular flexibility index (Phi) is 5.83. The largest absolute Gasteiger partial charge is 0.489 e. The summed E-state index contributed by atoms with van der Waals surface area (Å²) in [7, 11) is 0. The first-order valence-corrected chi connectivity index (χ1v) is 8.24. The van der Waals surface area contributed by atoms with E-state index < -0.39 is 0 Å². The Bertz CT molecular complexity index is 743. The zero-order chi connectivity index (χ0) is 16.6. The van der Waals surface area contributed by atoms with Gasteiger partial charge in [-0.05, 0) is 47.5 Å². The van der Waals surface area contributed by atoms with E-state index in [1.165, 1.54) is 5.56 Å². The van der Waals surface area contributed by atoms with Gasteiger partial charge in [-0.2, -0.15) is 0 Å². The highest BCUT2D eigenvalue weighted by atomic mass is 35.5. The van der Waals surface area contributed by atoms with Crippen molar-refractivity contribution in [3.8, 4) is 5.75 Å². The van der Waals surface area contributed by atoms with Gasteiger partial charge in [-0.1, -0.05) is 41.9 Å². The van der Waals surface area contributed by atoms with Crippen LogP contribution in [0.15, 0.2) is 72.9 Å². The third-order valence-electron chi connectivity index (χ3n) is 3.60. The van der Waals surface area contributed by atoms with Crippen molar-refractivity contribution >= 4 is 11.6 Å². The van der Waals surface area contributed by atoms with Crippen LogP contribution >= 0.6 is 11.6 Å². The third-order valence-corrected chi connectivity index (χ3v) is 3.86. The van der Waals surface area contributed by atoms with Crippen molar-refractivity contribution in [3.63, 3.8) is 0 Å². The summed E-state index contributed by atoms with van der Waals surface area (Å²) >= 11 is 5.88.